The van der Waals surface area contributed by atoms with E-state index in [-0.39, 0.29) is 5.82 Å². The lowest BCUT2D eigenvalue weighted by atomic mass is 10.2. The maximum Gasteiger partial charge on any atom is 0.325 e. The predicted molar refractivity (Wildman–Crippen MR) is 77.9 cm³/mol. The maximum absolute atomic E-state index is 12.7. The van der Waals surface area contributed by atoms with Crippen LogP contribution < -0.4 is 4.72 Å². The van der Waals surface area contributed by atoms with E-state index in [2.05, 4.69) is 4.72 Å². The first-order valence-corrected chi connectivity index (χ1v) is 7.20. The summed E-state index contributed by atoms with van der Waals surface area (Å²) in [5.41, 5.74) is 0.668. The van der Waals surface area contributed by atoms with Crippen molar-refractivity contribution in [3.05, 3.63) is 41.7 Å². The number of halogens is 1. The molecule has 0 bridgehead atoms. The first kappa shape index (κ1) is 16.5. The highest BCUT2D eigenvalue weighted by molar-refractivity contribution is 7.84. The lowest BCUT2D eigenvalue weighted by Crippen LogP contribution is -2.42. The summed E-state index contributed by atoms with van der Waals surface area (Å²) < 4.78 is 26.6. The summed E-state index contributed by atoms with van der Waals surface area (Å²) in [7, 11) is -1.49. The van der Waals surface area contributed by atoms with Crippen LogP contribution in [-0.2, 0) is 15.8 Å². The molecular formula is C14H18FNO3S. The first-order chi connectivity index (χ1) is 9.20. The molecule has 6 heteroatoms. The Hall–Kier alpha value is -1.53. The van der Waals surface area contributed by atoms with Gasteiger partial charge in [-0.25, -0.2) is 13.3 Å². The normalized spacial score (nSPS) is 15.2. The minimum atomic E-state index is -1.49. The zero-order valence-corrected chi connectivity index (χ0v) is 12.4. The first-order valence-electron chi connectivity index (χ1n) is 6.05. The second-order valence-corrected chi connectivity index (χ2v) is 7.22. The van der Waals surface area contributed by atoms with Crippen LogP contribution >= 0.6 is 0 Å². The number of hydrogen-bond donors (Lipinski definition) is 2. The molecule has 2 atom stereocenters. The Morgan fingerprint density at radius 1 is 1.35 bits per heavy atom. The fourth-order valence-electron chi connectivity index (χ4n) is 1.25. The Kier molecular flexibility index (Phi) is 5.59. The number of carbonyl (C=O) groups is 1. The number of carboxylic acid groups (broad SMARTS) is 1. The largest absolute Gasteiger partial charge is 0.480 e. The Bertz CT molecular complexity index is 520. The molecule has 1 rings (SSSR count). The fourth-order valence-corrected chi connectivity index (χ4v) is 2.01. The van der Waals surface area contributed by atoms with E-state index in [4.69, 9.17) is 5.11 Å². The van der Waals surface area contributed by atoms with Crippen molar-refractivity contribution in [3.63, 3.8) is 0 Å². The second kappa shape index (κ2) is 6.76. The molecule has 1 unspecified atom stereocenters. The van der Waals surface area contributed by atoms with Crippen LogP contribution in [0.1, 0.15) is 26.3 Å². The average Bonchev–Trinajstić information content (AvgIpc) is 2.34. The van der Waals surface area contributed by atoms with Crippen molar-refractivity contribution in [2.45, 2.75) is 31.6 Å². The van der Waals surface area contributed by atoms with Crippen molar-refractivity contribution in [2.24, 2.45) is 0 Å². The zero-order valence-electron chi connectivity index (χ0n) is 11.6. The van der Waals surface area contributed by atoms with E-state index in [1.165, 1.54) is 30.3 Å². The van der Waals surface area contributed by atoms with Gasteiger partial charge in [0.2, 0.25) is 0 Å². The Morgan fingerprint density at radius 2 is 1.90 bits per heavy atom. The van der Waals surface area contributed by atoms with E-state index in [1.54, 1.807) is 26.8 Å². The molecule has 0 amide bonds. The van der Waals surface area contributed by atoms with Crippen molar-refractivity contribution in [3.8, 4) is 0 Å². The van der Waals surface area contributed by atoms with Gasteiger partial charge in [0.1, 0.15) is 11.9 Å². The number of rotatable bonds is 5. The van der Waals surface area contributed by atoms with Gasteiger partial charge in [-0.2, -0.15) is 0 Å². The van der Waals surface area contributed by atoms with Gasteiger partial charge in [-0.1, -0.05) is 24.3 Å². The zero-order chi connectivity index (χ0) is 15.3. The Morgan fingerprint density at radius 3 is 2.35 bits per heavy atom. The Balaban J connectivity index is 2.80. The predicted octanol–water partition coefficient (Wildman–Crippen LogP) is 2.34. The van der Waals surface area contributed by atoms with Crippen molar-refractivity contribution >= 4 is 23.0 Å². The fraction of sp³-hybridized carbons (Fsp3) is 0.357. The van der Waals surface area contributed by atoms with Crippen LogP contribution in [0.5, 0.6) is 0 Å². The van der Waals surface area contributed by atoms with Crippen LogP contribution in [0.2, 0.25) is 0 Å². The third kappa shape index (κ3) is 5.22. The SMILES string of the molecule is CC(C)(C)S(=O)N[C@@H](/C=C/c1ccc(F)cc1)C(=O)O. The molecule has 4 nitrogen and oxygen atoms in total. The molecule has 0 aliphatic rings. The molecule has 0 aliphatic carbocycles. The lowest BCUT2D eigenvalue weighted by molar-refractivity contribution is -0.137. The van der Waals surface area contributed by atoms with Gasteiger partial charge in [-0.05, 0) is 38.5 Å². The van der Waals surface area contributed by atoms with E-state index in [1.807, 2.05) is 0 Å². The van der Waals surface area contributed by atoms with Crippen LogP contribution in [0.4, 0.5) is 4.39 Å². The molecule has 2 N–H and O–H groups in total. The monoisotopic (exact) mass is 299 g/mol. The highest BCUT2D eigenvalue weighted by Gasteiger charge is 2.24. The third-order valence-electron chi connectivity index (χ3n) is 2.41. The van der Waals surface area contributed by atoms with E-state index in [0.717, 1.165) is 0 Å². The van der Waals surface area contributed by atoms with Crippen molar-refractivity contribution < 1.29 is 18.5 Å². The van der Waals surface area contributed by atoms with Crippen LogP contribution in [0.25, 0.3) is 6.08 Å². The van der Waals surface area contributed by atoms with E-state index >= 15 is 0 Å². The van der Waals surface area contributed by atoms with Gasteiger partial charge in [0.25, 0.3) is 0 Å². The topological polar surface area (TPSA) is 66.4 Å². The van der Waals surface area contributed by atoms with Crippen LogP contribution in [0, 0.1) is 5.82 Å². The average molecular weight is 299 g/mol. The standard InChI is InChI=1S/C14H18FNO3S/c1-14(2,3)20(19)16-12(13(17)18)9-6-10-4-7-11(15)8-5-10/h4-9,12,16H,1-3H3,(H,17,18)/b9-6+/t12-,20?/m0/s1. The van der Waals surface area contributed by atoms with Gasteiger partial charge in [0.05, 0.1) is 15.7 Å². The smallest absolute Gasteiger partial charge is 0.325 e. The third-order valence-corrected chi connectivity index (χ3v) is 3.99. The molecule has 0 heterocycles. The summed E-state index contributed by atoms with van der Waals surface area (Å²) in [6.07, 6.45) is 2.93. The summed E-state index contributed by atoms with van der Waals surface area (Å²) in [5, 5.41) is 9.10. The van der Waals surface area contributed by atoms with Crippen molar-refractivity contribution in [2.75, 3.05) is 0 Å². The van der Waals surface area contributed by atoms with Gasteiger partial charge >= 0.3 is 5.97 Å². The highest BCUT2D eigenvalue weighted by Crippen LogP contribution is 2.11. The minimum absolute atomic E-state index is 0.358. The highest BCUT2D eigenvalue weighted by atomic mass is 32.2. The molecular weight excluding hydrogens is 281 g/mol. The number of hydrogen-bond acceptors (Lipinski definition) is 2. The summed E-state index contributed by atoms with van der Waals surface area (Å²) in [4.78, 5) is 11.1. The molecule has 0 fully saturated rings. The molecule has 1 aromatic rings. The number of carboxylic acids is 1. The summed E-state index contributed by atoms with van der Waals surface area (Å²) in [5.74, 6) is -1.48. The number of aliphatic carboxylic acids is 1. The molecule has 0 aromatic heterocycles. The van der Waals surface area contributed by atoms with Crippen LogP contribution in [-0.4, -0.2) is 26.1 Å². The second-order valence-electron chi connectivity index (χ2n) is 5.23. The number of nitrogens with one attached hydrogen (secondary N) is 1. The molecule has 1 aromatic carbocycles. The Labute approximate surface area is 120 Å². The molecule has 0 saturated heterocycles. The molecule has 0 spiro atoms. The van der Waals surface area contributed by atoms with Gasteiger partial charge in [-0.3, -0.25) is 4.79 Å². The lowest BCUT2D eigenvalue weighted by Gasteiger charge is -2.20. The van der Waals surface area contributed by atoms with Gasteiger partial charge in [0, 0.05) is 0 Å². The minimum Gasteiger partial charge on any atom is -0.480 e. The summed E-state index contributed by atoms with van der Waals surface area (Å²) in [6.45, 7) is 5.25. The van der Waals surface area contributed by atoms with E-state index < -0.39 is 27.7 Å². The van der Waals surface area contributed by atoms with Gasteiger partial charge in [0.15, 0.2) is 0 Å². The summed E-state index contributed by atoms with van der Waals surface area (Å²) >= 11 is 0. The molecule has 0 saturated carbocycles. The van der Waals surface area contributed by atoms with Crippen LogP contribution in [0.15, 0.2) is 30.3 Å². The van der Waals surface area contributed by atoms with Crippen molar-refractivity contribution in [1.29, 1.82) is 0 Å². The molecule has 0 aliphatic heterocycles. The van der Waals surface area contributed by atoms with Crippen molar-refractivity contribution in [1.82, 2.24) is 4.72 Å². The molecule has 20 heavy (non-hydrogen) atoms. The maximum atomic E-state index is 12.7. The number of benzene rings is 1. The van der Waals surface area contributed by atoms with Gasteiger partial charge < -0.3 is 5.11 Å². The molecule has 110 valence electrons. The summed E-state index contributed by atoms with van der Waals surface area (Å²) in [6, 6.07) is 4.57. The van der Waals surface area contributed by atoms with Gasteiger partial charge in [-0.15, -0.1) is 0 Å². The van der Waals surface area contributed by atoms with Crippen LogP contribution in [0.3, 0.4) is 0 Å². The molecule has 0 radical (unpaired) electrons. The van der Waals surface area contributed by atoms with E-state index in [0.29, 0.717) is 5.56 Å². The van der Waals surface area contributed by atoms with E-state index in [9.17, 15) is 13.4 Å². The quantitative estimate of drug-likeness (QED) is 0.877.